The number of aliphatic hydroxyl groups is 1. The third-order valence-corrected chi connectivity index (χ3v) is 2.28. The molecule has 0 saturated carbocycles. The molecule has 0 aliphatic carbocycles. The van der Waals surface area contributed by atoms with Crippen molar-refractivity contribution in [3.05, 3.63) is 34.3 Å². The first-order valence-corrected chi connectivity index (χ1v) is 4.53. The van der Waals surface area contributed by atoms with Gasteiger partial charge in [0.1, 0.15) is 5.92 Å². The van der Waals surface area contributed by atoms with Gasteiger partial charge >= 0.3 is 5.97 Å². The standard InChI is InChI=1S/C9H9BrO3/c10-7-3-1-6(2-4-7)8(5-11)9(12)13/h1-4,8,11H,5H2,(H,12,13). The molecule has 4 heteroatoms. The summed E-state index contributed by atoms with van der Waals surface area (Å²) in [5, 5.41) is 17.6. The van der Waals surface area contributed by atoms with Crippen LogP contribution in [0.5, 0.6) is 0 Å². The van der Waals surface area contributed by atoms with Crippen molar-refractivity contribution in [3.63, 3.8) is 0 Å². The van der Waals surface area contributed by atoms with Crippen LogP contribution in [0.3, 0.4) is 0 Å². The van der Waals surface area contributed by atoms with E-state index in [2.05, 4.69) is 15.9 Å². The fourth-order valence-corrected chi connectivity index (χ4v) is 1.29. The van der Waals surface area contributed by atoms with E-state index in [0.717, 1.165) is 4.47 Å². The molecule has 1 rings (SSSR count). The Morgan fingerprint density at radius 3 is 2.31 bits per heavy atom. The third kappa shape index (κ3) is 2.54. The van der Waals surface area contributed by atoms with Crippen LogP contribution < -0.4 is 0 Å². The highest BCUT2D eigenvalue weighted by Gasteiger charge is 2.17. The van der Waals surface area contributed by atoms with Gasteiger partial charge in [-0.15, -0.1) is 0 Å². The Hall–Kier alpha value is -0.870. The zero-order chi connectivity index (χ0) is 9.84. The highest BCUT2D eigenvalue weighted by atomic mass is 79.9. The highest BCUT2D eigenvalue weighted by molar-refractivity contribution is 9.10. The minimum absolute atomic E-state index is 0.378. The first kappa shape index (κ1) is 10.2. The number of carboxylic acids is 1. The second kappa shape index (κ2) is 4.39. The lowest BCUT2D eigenvalue weighted by molar-refractivity contribution is -0.139. The van der Waals surface area contributed by atoms with Crippen LogP contribution >= 0.6 is 15.9 Å². The van der Waals surface area contributed by atoms with E-state index in [-0.39, 0.29) is 6.61 Å². The zero-order valence-electron chi connectivity index (χ0n) is 6.77. The molecule has 70 valence electrons. The summed E-state index contributed by atoms with van der Waals surface area (Å²) in [6, 6.07) is 6.86. The van der Waals surface area contributed by atoms with Gasteiger partial charge in [0.15, 0.2) is 0 Å². The number of aliphatic carboxylic acids is 1. The summed E-state index contributed by atoms with van der Waals surface area (Å²) in [5.74, 6) is -1.84. The first-order chi connectivity index (χ1) is 6.15. The first-order valence-electron chi connectivity index (χ1n) is 3.74. The lowest BCUT2D eigenvalue weighted by atomic mass is 10.0. The van der Waals surface area contributed by atoms with E-state index in [0.29, 0.717) is 5.56 Å². The van der Waals surface area contributed by atoms with Crippen LogP contribution in [0, 0.1) is 0 Å². The molecule has 2 N–H and O–H groups in total. The zero-order valence-corrected chi connectivity index (χ0v) is 8.36. The molecule has 0 radical (unpaired) electrons. The van der Waals surface area contributed by atoms with Gasteiger partial charge in [0, 0.05) is 4.47 Å². The summed E-state index contributed by atoms with van der Waals surface area (Å²) in [6.07, 6.45) is 0. The normalized spacial score (nSPS) is 12.5. The van der Waals surface area contributed by atoms with Gasteiger partial charge in [-0.25, -0.2) is 0 Å². The Morgan fingerprint density at radius 2 is 1.92 bits per heavy atom. The fraction of sp³-hybridized carbons (Fsp3) is 0.222. The van der Waals surface area contributed by atoms with Crippen molar-refractivity contribution >= 4 is 21.9 Å². The van der Waals surface area contributed by atoms with E-state index in [1.165, 1.54) is 0 Å². The van der Waals surface area contributed by atoms with E-state index in [1.807, 2.05) is 0 Å². The molecule has 0 bridgehead atoms. The molecule has 1 aromatic rings. The Kier molecular flexibility index (Phi) is 3.45. The number of hydrogen-bond acceptors (Lipinski definition) is 2. The SMILES string of the molecule is O=C(O)C(CO)c1ccc(Br)cc1. The summed E-state index contributed by atoms with van der Waals surface area (Å²) in [7, 11) is 0. The molecule has 1 atom stereocenters. The number of carbonyl (C=O) groups is 1. The maximum absolute atomic E-state index is 10.6. The number of benzene rings is 1. The lowest BCUT2D eigenvalue weighted by Crippen LogP contribution is -2.15. The topological polar surface area (TPSA) is 57.5 Å². The number of aliphatic hydroxyl groups excluding tert-OH is 1. The summed E-state index contributed by atoms with van der Waals surface area (Å²) >= 11 is 3.24. The van der Waals surface area contributed by atoms with Crippen molar-refractivity contribution in [2.75, 3.05) is 6.61 Å². The highest BCUT2D eigenvalue weighted by Crippen LogP contribution is 2.18. The predicted octanol–water partition coefficient (Wildman–Crippen LogP) is 1.61. The molecule has 1 unspecified atom stereocenters. The van der Waals surface area contributed by atoms with Gasteiger partial charge in [-0.05, 0) is 17.7 Å². The fourth-order valence-electron chi connectivity index (χ4n) is 1.02. The molecular weight excluding hydrogens is 236 g/mol. The maximum atomic E-state index is 10.6. The van der Waals surface area contributed by atoms with Gasteiger partial charge in [0.2, 0.25) is 0 Å². The maximum Gasteiger partial charge on any atom is 0.313 e. The number of rotatable bonds is 3. The molecule has 0 amide bonds. The summed E-state index contributed by atoms with van der Waals surface area (Å²) in [4.78, 5) is 10.6. The minimum Gasteiger partial charge on any atom is -0.481 e. The van der Waals surface area contributed by atoms with Crippen molar-refractivity contribution < 1.29 is 15.0 Å². The van der Waals surface area contributed by atoms with Crippen LogP contribution in [-0.4, -0.2) is 22.8 Å². The average Bonchev–Trinajstić information content (AvgIpc) is 2.09. The van der Waals surface area contributed by atoms with Crippen molar-refractivity contribution in [2.45, 2.75) is 5.92 Å². The predicted molar refractivity (Wildman–Crippen MR) is 51.6 cm³/mol. The van der Waals surface area contributed by atoms with Gasteiger partial charge < -0.3 is 10.2 Å². The molecular formula is C9H9BrO3. The van der Waals surface area contributed by atoms with Crippen molar-refractivity contribution in [3.8, 4) is 0 Å². The molecule has 3 nitrogen and oxygen atoms in total. The van der Waals surface area contributed by atoms with E-state index in [1.54, 1.807) is 24.3 Å². The molecule has 13 heavy (non-hydrogen) atoms. The molecule has 1 aromatic carbocycles. The number of halogens is 1. The van der Waals surface area contributed by atoms with Crippen LogP contribution in [-0.2, 0) is 4.79 Å². The third-order valence-electron chi connectivity index (χ3n) is 1.75. The summed E-state index contributed by atoms with van der Waals surface area (Å²) in [6.45, 7) is -0.378. The number of hydrogen-bond donors (Lipinski definition) is 2. The molecule has 0 fully saturated rings. The van der Waals surface area contributed by atoms with Crippen molar-refractivity contribution in [1.82, 2.24) is 0 Å². The monoisotopic (exact) mass is 244 g/mol. The van der Waals surface area contributed by atoms with Gasteiger partial charge in [-0.1, -0.05) is 28.1 Å². The average molecular weight is 245 g/mol. The molecule has 0 spiro atoms. The second-order valence-corrected chi connectivity index (χ2v) is 3.54. The van der Waals surface area contributed by atoms with Gasteiger partial charge in [0.25, 0.3) is 0 Å². The Morgan fingerprint density at radius 1 is 1.38 bits per heavy atom. The Bertz CT molecular complexity index is 294. The summed E-state index contributed by atoms with van der Waals surface area (Å²) in [5.41, 5.74) is 0.609. The van der Waals surface area contributed by atoms with E-state index >= 15 is 0 Å². The largest absolute Gasteiger partial charge is 0.481 e. The Labute approximate surface area is 84.1 Å². The molecule has 0 heterocycles. The van der Waals surface area contributed by atoms with Crippen LogP contribution in [0.4, 0.5) is 0 Å². The van der Waals surface area contributed by atoms with E-state index in [9.17, 15) is 4.79 Å². The lowest BCUT2D eigenvalue weighted by Gasteiger charge is -2.08. The van der Waals surface area contributed by atoms with Crippen molar-refractivity contribution in [2.24, 2.45) is 0 Å². The molecule has 0 aromatic heterocycles. The van der Waals surface area contributed by atoms with Crippen LogP contribution in [0.2, 0.25) is 0 Å². The van der Waals surface area contributed by atoms with Crippen molar-refractivity contribution in [1.29, 1.82) is 0 Å². The van der Waals surface area contributed by atoms with Crippen LogP contribution in [0.15, 0.2) is 28.7 Å². The van der Waals surface area contributed by atoms with E-state index in [4.69, 9.17) is 10.2 Å². The van der Waals surface area contributed by atoms with Gasteiger partial charge in [-0.2, -0.15) is 0 Å². The summed E-state index contributed by atoms with van der Waals surface area (Å²) < 4.78 is 0.887. The number of carboxylic acid groups (broad SMARTS) is 1. The second-order valence-electron chi connectivity index (χ2n) is 2.62. The van der Waals surface area contributed by atoms with E-state index < -0.39 is 11.9 Å². The quantitative estimate of drug-likeness (QED) is 0.850. The molecule has 0 aliphatic heterocycles. The smallest absolute Gasteiger partial charge is 0.313 e. The van der Waals surface area contributed by atoms with Gasteiger partial charge in [0.05, 0.1) is 6.61 Å². The molecule has 0 aliphatic rings. The van der Waals surface area contributed by atoms with Crippen LogP contribution in [0.25, 0.3) is 0 Å². The molecule has 0 saturated heterocycles. The van der Waals surface area contributed by atoms with Gasteiger partial charge in [-0.3, -0.25) is 4.79 Å². The minimum atomic E-state index is -1.01. The Balaban J connectivity index is 2.92. The van der Waals surface area contributed by atoms with Crippen LogP contribution in [0.1, 0.15) is 11.5 Å².